The van der Waals surface area contributed by atoms with Gasteiger partial charge in [-0.15, -0.1) is 0 Å². The second-order valence-electron chi connectivity index (χ2n) is 5.82. The predicted molar refractivity (Wildman–Crippen MR) is 72.1 cm³/mol. The molecule has 1 aliphatic carbocycles. The summed E-state index contributed by atoms with van der Waals surface area (Å²) in [6.07, 6.45) is 1.77. The number of rotatable bonds is 1. The van der Waals surface area contributed by atoms with Crippen LogP contribution in [0, 0.1) is 5.92 Å². The zero-order valence-electron chi connectivity index (χ0n) is 10.9. The van der Waals surface area contributed by atoms with Crippen molar-refractivity contribution in [3.05, 3.63) is 35.4 Å². The minimum atomic E-state index is -0.133. The first-order chi connectivity index (χ1) is 8.66. The molecule has 1 heterocycles. The molecule has 0 saturated carbocycles. The highest BCUT2D eigenvalue weighted by Gasteiger charge is 2.35. The van der Waals surface area contributed by atoms with Gasteiger partial charge in [-0.25, -0.2) is 0 Å². The number of aliphatic hydroxyl groups is 1. The zero-order chi connectivity index (χ0) is 12.7. The predicted octanol–water partition coefficient (Wildman–Crippen LogP) is 1.83. The summed E-state index contributed by atoms with van der Waals surface area (Å²) in [4.78, 5) is 2.50. The molecule has 2 aliphatic rings. The van der Waals surface area contributed by atoms with Gasteiger partial charge in [-0.05, 0) is 29.9 Å². The quantitative estimate of drug-likeness (QED) is 0.795. The van der Waals surface area contributed by atoms with Gasteiger partial charge in [0.15, 0.2) is 0 Å². The maximum Gasteiger partial charge on any atom is 0.0590 e. The first-order valence-corrected chi connectivity index (χ1v) is 6.93. The van der Waals surface area contributed by atoms with E-state index in [-0.39, 0.29) is 12.1 Å². The van der Waals surface area contributed by atoms with Crippen LogP contribution in [0.15, 0.2) is 24.3 Å². The van der Waals surface area contributed by atoms with E-state index in [2.05, 4.69) is 36.1 Å². The average molecular weight is 246 g/mol. The fourth-order valence-electron chi connectivity index (χ4n) is 3.44. The van der Waals surface area contributed by atoms with Crippen LogP contribution in [0.3, 0.4) is 0 Å². The van der Waals surface area contributed by atoms with Crippen LogP contribution in [0.2, 0.25) is 0 Å². The smallest absolute Gasteiger partial charge is 0.0590 e. The lowest BCUT2D eigenvalue weighted by Crippen LogP contribution is -2.43. The zero-order valence-corrected chi connectivity index (χ0v) is 10.9. The largest absolute Gasteiger partial charge is 0.393 e. The molecule has 0 radical (unpaired) electrons. The molecule has 1 aromatic rings. The van der Waals surface area contributed by atoms with Crippen molar-refractivity contribution in [2.24, 2.45) is 11.7 Å². The van der Waals surface area contributed by atoms with Crippen molar-refractivity contribution >= 4 is 0 Å². The van der Waals surface area contributed by atoms with Gasteiger partial charge in [-0.1, -0.05) is 31.2 Å². The molecular weight excluding hydrogens is 224 g/mol. The molecule has 0 bridgehead atoms. The third kappa shape index (κ3) is 1.96. The first kappa shape index (κ1) is 12.2. The molecule has 0 spiro atoms. The molecule has 3 rings (SSSR count). The van der Waals surface area contributed by atoms with Gasteiger partial charge >= 0.3 is 0 Å². The van der Waals surface area contributed by atoms with Gasteiger partial charge in [0.25, 0.3) is 0 Å². The maximum atomic E-state index is 9.83. The number of nitrogens with two attached hydrogens (primary N) is 1. The van der Waals surface area contributed by atoms with E-state index in [1.54, 1.807) is 0 Å². The molecule has 0 amide bonds. The Morgan fingerprint density at radius 1 is 1.28 bits per heavy atom. The molecule has 1 aromatic carbocycles. The Bertz CT molecular complexity index is 434. The average Bonchev–Trinajstić information content (AvgIpc) is 2.71. The number of piperidine rings is 1. The van der Waals surface area contributed by atoms with Crippen molar-refractivity contribution in [1.82, 2.24) is 4.90 Å². The van der Waals surface area contributed by atoms with Crippen LogP contribution in [0.4, 0.5) is 0 Å². The molecule has 3 heteroatoms. The van der Waals surface area contributed by atoms with Crippen LogP contribution in [-0.4, -0.2) is 29.2 Å². The van der Waals surface area contributed by atoms with Crippen molar-refractivity contribution in [3.8, 4) is 0 Å². The van der Waals surface area contributed by atoms with Gasteiger partial charge < -0.3 is 10.8 Å². The second kappa shape index (κ2) is 4.65. The van der Waals surface area contributed by atoms with E-state index in [1.807, 2.05) is 0 Å². The molecular formula is C15H22N2O. The van der Waals surface area contributed by atoms with Gasteiger partial charge in [0, 0.05) is 25.2 Å². The van der Waals surface area contributed by atoms with Gasteiger partial charge in [0.1, 0.15) is 0 Å². The van der Waals surface area contributed by atoms with E-state index < -0.39 is 0 Å². The topological polar surface area (TPSA) is 49.5 Å². The summed E-state index contributed by atoms with van der Waals surface area (Å²) in [7, 11) is 0. The van der Waals surface area contributed by atoms with E-state index in [1.165, 1.54) is 11.1 Å². The Kier molecular flexibility index (Phi) is 3.14. The van der Waals surface area contributed by atoms with Crippen molar-refractivity contribution in [2.45, 2.75) is 38.0 Å². The van der Waals surface area contributed by atoms with Gasteiger partial charge in [-0.3, -0.25) is 4.90 Å². The molecule has 1 saturated heterocycles. The van der Waals surface area contributed by atoms with E-state index >= 15 is 0 Å². The van der Waals surface area contributed by atoms with Crippen LogP contribution in [-0.2, 0) is 0 Å². The van der Waals surface area contributed by atoms with Crippen LogP contribution >= 0.6 is 0 Å². The molecule has 1 fully saturated rings. The summed E-state index contributed by atoms with van der Waals surface area (Å²) in [5, 5.41) is 9.83. The third-order valence-electron chi connectivity index (χ3n) is 4.56. The third-order valence-corrected chi connectivity index (χ3v) is 4.56. The minimum Gasteiger partial charge on any atom is -0.393 e. The molecule has 4 unspecified atom stereocenters. The summed E-state index contributed by atoms with van der Waals surface area (Å²) < 4.78 is 0. The molecule has 3 N–H and O–H groups in total. The van der Waals surface area contributed by atoms with E-state index in [9.17, 15) is 5.11 Å². The van der Waals surface area contributed by atoms with Gasteiger partial charge in [0.2, 0.25) is 0 Å². The van der Waals surface area contributed by atoms with E-state index in [0.29, 0.717) is 12.0 Å². The van der Waals surface area contributed by atoms with Gasteiger partial charge in [-0.2, -0.15) is 0 Å². The van der Waals surface area contributed by atoms with Crippen molar-refractivity contribution in [1.29, 1.82) is 0 Å². The lowest BCUT2D eigenvalue weighted by atomic mass is 9.94. The van der Waals surface area contributed by atoms with Crippen LogP contribution in [0.25, 0.3) is 0 Å². The number of likely N-dealkylation sites (tertiary alicyclic amines) is 1. The summed E-state index contributed by atoms with van der Waals surface area (Å²) in [6, 6.07) is 9.17. The Balaban J connectivity index is 1.82. The SMILES string of the molecule is CC1CN(C2CC(N)c3ccccc32)CCC1O. The Morgan fingerprint density at radius 2 is 2.00 bits per heavy atom. The van der Waals surface area contributed by atoms with Crippen LogP contribution in [0.5, 0.6) is 0 Å². The second-order valence-corrected chi connectivity index (χ2v) is 5.82. The van der Waals surface area contributed by atoms with Crippen LogP contribution in [0.1, 0.15) is 43.0 Å². The highest BCUT2D eigenvalue weighted by molar-refractivity contribution is 5.37. The monoisotopic (exact) mass is 246 g/mol. The number of benzene rings is 1. The maximum absolute atomic E-state index is 9.83. The van der Waals surface area contributed by atoms with E-state index in [0.717, 1.165) is 25.9 Å². The van der Waals surface area contributed by atoms with Crippen molar-refractivity contribution in [3.63, 3.8) is 0 Å². The summed E-state index contributed by atoms with van der Waals surface area (Å²) in [6.45, 7) is 4.10. The van der Waals surface area contributed by atoms with E-state index in [4.69, 9.17) is 5.73 Å². The fraction of sp³-hybridized carbons (Fsp3) is 0.600. The van der Waals surface area contributed by atoms with Crippen molar-refractivity contribution in [2.75, 3.05) is 13.1 Å². The minimum absolute atomic E-state index is 0.133. The lowest BCUT2D eigenvalue weighted by Gasteiger charge is -2.38. The normalized spacial score (nSPS) is 36.6. The summed E-state index contributed by atoms with van der Waals surface area (Å²) >= 11 is 0. The number of aliphatic hydroxyl groups excluding tert-OH is 1. The molecule has 98 valence electrons. The fourth-order valence-corrected chi connectivity index (χ4v) is 3.44. The number of hydrogen-bond donors (Lipinski definition) is 2. The Labute approximate surface area is 109 Å². The molecule has 4 atom stereocenters. The first-order valence-electron chi connectivity index (χ1n) is 6.93. The van der Waals surface area contributed by atoms with Gasteiger partial charge in [0.05, 0.1) is 6.10 Å². The number of nitrogens with zero attached hydrogens (tertiary/aromatic N) is 1. The Hall–Kier alpha value is -0.900. The molecule has 1 aliphatic heterocycles. The number of hydrogen-bond acceptors (Lipinski definition) is 3. The Morgan fingerprint density at radius 3 is 2.72 bits per heavy atom. The summed E-state index contributed by atoms with van der Waals surface area (Å²) in [5.41, 5.74) is 8.93. The lowest BCUT2D eigenvalue weighted by molar-refractivity contribution is 0.0161. The highest BCUT2D eigenvalue weighted by Crippen LogP contribution is 2.42. The molecule has 18 heavy (non-hydrogen) atoms. The molecule has 3 nitrogen and oxygen atoms in total. The standard InChI is InChI=1S/C15H22N2O/c1-10-9-17(7-6-15(10)18)14-8-13(16)11-4-2-3-5-12(11)14/h2-5,10,13-15,18H,6-9,16H2,1H3. The highest BCUT2D eigenvalue weighted by atomic mass is 16.3. The molecule has 0 aromatic heterocycles. The van der Waals surface area contributed by atoms with Crippen LogP contribution < -0.4 is 5.73 Å². The van der Waals surface area contributed by atoms with Crippen molar-refractivity contribution < 1.29 is 5.11 Å². The summed E-state index contributed by atoms with van der Waals surface area (Å²) in [5.74, 6) is 0.364. The number of fused-ring (bicyclic) bond motifs is 1.